The molecule has 0 radical (unpaired) electrons. The molecule has 2 rings (SSSR count). The number of nitrogens with zero attached hydrogens (tertiary/aromatic N) is 1. The minimum atomic E-state index is -0.494. The van der Waals surface area contributed by atoms with Gasteiger partial charge >= 0.3 is 5.97 Å². The van der Waals surface area contributed by atoms with Gasteiger partial charge in [0.2, 0.25) is 0 Å². The Kier molecular flexibility index (Phi) is 4.10. The maximum atomic E-state index is 11.9. The summed E-state index contributed by atoms with van der Waals surface area (Å²) >= 11 is 0. The fraction of sp³-hybridized carbons (Fsp3) is 0.133. The lowest BCUT2D eigenvalue weighted by atomic mass is 10.1. The zero-order chi connectivity index (χ0) is 14.5. The molecule has 0 unspecified atom stereocenters. The van der Waals surface area contributed by atoms with Gasteiger partial charge in [-0.25, -0.2) is 4.79 Å². The summed E-state index contributed by atoms with van der Waals surface area (Å²) < 4.78 is 5.12. The van der Waals surface area contributed by atoms with Crippen molar-refractivity contribution in [3.05, 3.63) is 75.3 Å². The molecule has 0 saturated carbocycles. The molecule has 0 spiro atoms. The van der Waals surface area contributed by atoms with E-state index in [2.05, 4.69) is 0 Å². The number of para-hydroxylation sites is 1. The summed E-state index contributed by atoms with van der Waals surface area (Å²) in [4.78, 5) is 22.2. The van der Waals surface area contributed by atoms with E-state index in [0.29, 0.717) is 11.1 Å². The maximum absolute atomic E-state index is 11.9. The van der Waals surface area contributed by atoms with Crippen molar-refractivity contribution in [1.29, 1.82) is 0 Å². The molecule has 0 bridgehead atoms. The van der Waals surface area contributed by atoms with Gasteiger partial charge < -0.3 is 4.74 Å². The van der Waals surface area contributed by atoms with Crippen molar-refractivity contribution in [2.75, 3.05) is 0 Å². The molecule has 0 saturated heterocycles. The van der Waals surface area contributed by atoms with Crippen molar-refractivity contribution >= 4 is 11.7 Å². The lowest BCUT2D eigenvalue weighted by Crippen LogP contribution is -2.06. The minimum Gasteiger partial charge on any atom is -0.457 e. The lowest BCUT2D eigenvalue weighted by Gasteiger charge is -2.06. The number of nitro groups is 1. The van der Waals surface area contributed by atoms with Gasteiger partial charge in [-0.05, 0) is 25.1 Å². The van der Waals surface area contributed by atoms with E-state index in [9.17, 15) is 14.9 Å². The van der Waals surface area contributed by atoms with Crippen LogP contribution in [0.15, 0.2) is 48.5 Å². The third kappa shape index (κ3) is 3.20. The summed E-state index contributed by atoms with van der Waals surface area (Å²) in [5, 5.41) is 10.8. The molecular weight excluding hydrogens is 258 g/mol. The standard InChI is InChI=1S/C15H13NO4/c1-11-5-4-7-12(9-11)15(17)20-10-13-6-2-3-8-14(13)16(18)19/h2-9H,10H2,1H3. The fourth-order valence-corrected chi connectivity index (χ4v) is 1.81. The molecule has 0 aliphatic carbocycles. The number of nitro benzene ring substituents is 1. The van der Waals surface area contributed by atoms with Gasteiger partial charge in [0, 0.05) is 6.07 Å². The summed E-state index contributed by atoms with van der Waals surface area (Å²) in [6.07, 6.45) is 0. The van der Waals surface area contributed by atoms with Gasteiger partial charge in [0.05, 0.1) is 16.1 Å². The summed E-state index contributed by atoms with van der Waals surface area (Å²) in [6, 6.07) is 13.2. The van der Waals surface area contributed by atoms with Crippen molar-refractivity contribution < 1.29 is 14.5 Å². The average molecular weight is 271 g/mol. The lowest BCUT2D eigenvalue weighted by molar-refractivity contribution is -0.385. The van der Waals surface area contributed by atoms with Crippen LogP contribution in [0.25, 0.3) is 0 Å². The molecule has 0 aliphatic rings. The number of carbonyl (C=O) groups excluding carboxylic acids is 1. The molecule has 20 heavy (non-hydrogen) atoms. The SMILES string of the molecule is Cc1cccc(C(=O)OCc2ccccc2[N+](=O)[O-])c1. The first-order valence-electron chi connectivity index (χ1n) is 6.04. The van der Waals surface area contributed by atoms with E-state index < -0.39 is 10.9 Å². The number of rotatable bonds is 4. The highest BCUT2D eigenvalue weighted by Gasteiger charge is 2.14. The van der Waals surface area contributed by atoms with E-state index in [0.717, 1.165) is 5.56 Å². The first-order valence-corrected chi connectivity index (χ1v) is 6.04. The molecule has 0 atom stereocenters. The van der Waals surface area contributed by atoms with Crippen molar-refractivity contribution in [3.8, 4) is 0 Å². The molecule has 0 N–H and O–H groups in total. The predicted molar refractivity (Wildman–Crippen MR) is 73.4 cm³/mol. The molecule has 102 valence electrons. The molecule has 0 aromatic heterocycles. The normalized spacial score (nSPS) is 10.1. The number of benzene rings is 2. The summed E-state index contributed by atoms with van der Waals surface area (Å²) in [5.74, 6) is -0.494. The van der Waals surface area contributed by atoms with E-state index in [1.807, 2.05) is 13.0 Å². The molecule has 5 nitrogen and oxygen atoms in total. The van der Waals surface area contributed by atoms with Crippen LogP contribution in [0, 0.1) is 17.0 Å². The van der Waals surface area contributed by atoms with Crippen molar-refractivity contribution in [1.82, 2.24) is 0 Å². The number of ether oxygens (including phenoxy) is 1. The first-order chi connectivity index (χ1) is 9.58. The van der Waals surface area contributed by atoms with Gasteiger partial charge in [0.25, 0.3) is 5.69 Å². The second kappa shape index (κ2) is 5.97. The van der Waals surface area contributed by atoms with Gasteiger partial charge in [0.1, 0.15) is 6.61 Å². The van der Waals surface area contributed by atoms with E-state index in [1.54, 1.807) is 36.4 Å². The van der Waals surface area contributed by atoms with Gasteiger partial charge in [-0.1, -0.05) is 29.8 Å². The Bertz CT molecular complexity index is 652. The molecule has 0 fully saturated rings. The fourth-order valence-electron chi connectivity index (χ4n) is 1.81. The van der Waals surface area contributed by atoms with Gasteiger partial charge in [-0.15, -0.1) is 0 Å². The monoisotopic (exact) mass is 271 g/mol. The highest BCUT2D eigenvalue weighted by atomic mass is 16.6. The number of esters is 1. The van der Waals surface area contributed by atoms with Crippen LogP contribution in [-0.4, -0.2) is 10.9 Å². The maximum Gasteiger partial charge on any atom is 0.338 e. The summed E-state index contributed by atoms with van der Waals surface area (Å²) in [5.41, 5.74) is 1.71. The Morgan fingerprint density at radius 1 is 1.20 bits per heavy atom. The van der Waals surface area contributed by atoms with E-state index in [1.165, 1.54) is 6.07 Å². The molecule has 0 heterocycles. The van der Waals surface area contributed by atoms with Crippen molar-refractivity contribution in [2.45, 2.75) is 13.5 Å². The minimum absolute atomic E-state index is 0.0513. The topological polar surface area (TPSA) is 69.4 Å². The third-order valence-corrected chi connectivity index (χ3v) is 2.80. The quantitative estimate of drug-likeness (QED) is 0.486. The smallest absolute Gasteiger partial charge is 0.338 e. The van der Waals surface area contributed by atoms with E-state index >= 15 is 0 Å². The zero-order valence-corrected chi connectivity index (χ0v) is 10.9. The molecule has 2 aromatic carbocycles. The first kappa shape index (κ1) is 13.7. The number of hydrogen-bond donors (Lipinski definition) is 0. The Hall–Kier alpha value is -2.69. The van der Waals surface area contributed by atoms with E-state index in [-0.39, 0.29) is 12.3 Å². The molecular formula is C15H13NO4. The average Bonchev–Trinajstić information content (AvgIpc) is 2.45. The number of aryl methyl sites for hydroxylation is 1. The van der Waals surface area contributed by atoms with Crippen molar-refractivity contribution in [2.24, 2.45) is 0 Å². The largest absolute Gasteiger partial charge is 0.457 e. The Morgan fingerprint density at radius 2 is 1.95 bits per heavy atom. The summed E-state index contributed by atoms with van der Waals surface area (Å²) in [7, 11) is 0. The Morgan fingerprint density at radius 3 is 2.65 bits per heavy atom. The van der Waals surface area contributed by atoms with Crippen molar-refractivity contribution in [3.63, 3.8) is 0 Å². The van der Waals surface area contributed by atoms with Gasteiger partial charge in [-0.2, -0.15) is 0 Å². The zero-order valence-electron chi connectivity index (χ0n) is 10.9. The van der Waals surface area contributed by atoms with E-state index in [4.69, 9.17) is 4.74 Å². The Balaban J connectivity index is 2.09. The predicted octanol–water partition coefficient (Wildman–Crippen LogP) is 3.26. The van der Waals surface area contributed by atoms with Crippen LogP contribution >= 0.6 is 0 Å². The highest BCUT2D eigenvalue weighted by molar-refractivity contribution is 5.89. The van der Waals surface area contributed by atoms with Crippen LogP contribution < -0.4 is 0 Å². The molecule has 2 aromatic rings. The second-order valence-corrected chi connectivity index (χ2v) is 4.33. The number of carbonyl (C=O) groups is 1. The van der Waals surface area contributed by atoms with Crippen LogP contribution in [0.2, 0.25) is 0 Å². The van der Waals surface area contributed by atoms with Crippen LogP contribution in [0.4, 0.5) is 5.69 Å². The molecule has 0 aliphatic heterocycles. The molecule has 5 heteroatoms. The third-order valence-electron chi connectivity index (χ3n) is 2.80. The molecule has 0 amide bonds. The second-order valence-electron chi connectivity index (χ2n) is 4.33. The van der Waals surface area contributed by atoms with Gasteiger partial charge in [-0.3, -0.25) is 10.1 Å². The van der Waals surface area contributed by atoms with Crippen LogP contribution in [0.5, 0.6) is 0 Å². The van der Waals surface area contributed by atoms with Crippen LogP contribution in [-0.2, 0) is 11.3 Å². The summed E-state index contributed by atoms with van der Waals surface area (Å²) in [6.45, 7) is 1.75. The van der Waals surface area contributed by atoms with Crippen LogP contribution in [0.1, 0.15) is 21.5 Å². The number of hydrogen-bond acceptors (Lipinski definition) is 4. The highest BCUT2D eigenvalue weighted by Crippen LogP contribution is 2.19. The Labute approximate surface area is 116 Å². The van der Waals surface area contributed by atoms with Crippen LogP contribution in [0.3, 0.4) is 0 Å². The van der Waals surface area contributed by atoms with Gasteiger partial charge in [0.15, 0.2) is 0 Å².